The van der Waals surface area contributed by atoms with Gasteiger partial charge in [-0.1, -0.05) is 36.4 Å². The number of pyridine rings is 1. The monoisotopic (exact) mass is 593 g/mol. The Kier molecular flexibility index (Phi) is 8.13. The Morgan fingerprint density at radius 1 is 0.952 bits per heavy atom. The summed E-state index contributed by atoms with van der Waals surface area (Å²) in [5.74, 6) is -0.669. The van der Waals surface area contributed by atoms with Gasteiger partial charge >= 0.3 is 5.69 Å². The van der Waals surface area contributed by atoms with Crippen molar-refractivity contribution in [1.29, 1.82) is 0 Å². The van der Waals surface area contributed by atoms with Gasteiger partial charge in [0.25, 0.3) is 0 Å². The van der Waals surface area contributed by atoms with Crippen molar-refractivity contribution in [3.05, 3.63) is 118 Å². The van der Waals surface area contributed by atoms with Gasteiger partial charge in [-0.2, -0.15) is 0 Å². The number of benzene rings is 3. The number of fused-ring (bicyclic) bond motifs is 1. The number of rotatable bonds is 10. The van der Waals surface area contributed by atoms with E-state index in [1.54, 1.807) is 55.5 Å². The largest absolute Gasteiger partial charge is 0.493 e. The molecule has 0 unspecified atom stereocenters. The maximum Gasteiger partial charge on any atom is 0.335 e. The highest BCUT2D eigenvalue weighted by molar-refractivity contribution is 7.90. The van der Waals surface area contributed by atoms with Crippen LogP contribution in [0.5, 0.6) is 11.5 Å². The first kappa shape index (κ1) is 29.0. The van der Waals surface area contributed by atoms with Crippen LogP contribution in [0.4, 0.5) is 8.78 Å². The summed E-state index contributed by atoms with van der Waals surface area (Å²) in [5, 5.41) is 0. The molecule has 1 atom stereocenters. The lowest BCUT2D eigenvalue weighted by Gasteiger charge is -2.20. The number of hydrogen-bond donors (Lipinski definition) is 0. The number of para-hydroxylation sites is 1. The van der Waals surface area contributed by atoms with Crippen LogP contribution in [0.25, 0.3) is 16.9 Å². The fraction of sp³-hybridized carbons (Fsp3) is 0.226. The standard InChI is InChI=1S/C31H29F2N3O5S/c1-4-41-29-17-22(13-14-28(29)40-2)27(19-42(3,38)39)36-30-26(35(31(36)37)25-12-8-7-11-24(25)33)16-20(18-34-30)15-21-9-5-6-10-23(21)32/h5-14,16-18,27H,4,15,19H2,1-3H3/t27-/m1/s1. The quantitative estimate of drug-likeness (QED) is 0.224. The number of hydrogen-bond acceptors (Lipinski definition) is 6. The van der Waals surface area contributed by atoms with Gasteiger partial charge in [-0.25, -0.2) is 27.0 Å². The van der Waals surface area contributed by atoms with E-state index in [0.717, 1.165) is 6.26 Å². The maximum absolute atomic E-state index is 15.1. The number of aromatic nitrogens is 3. The maximum atomic E-state index is 15.1. The van der Waals surface area contributed by atoms with Crippen LogP contribution >= 0.6 is 0 Å². The minimum atomic E-state index is -3.65. The Bertz CT molecular complexity index is 1940. The summed E-state index contributed by atoms with van der Waals surface area (Å²) >= 11 is 0. The first-order valence-corrected chi connectivity index (χ1v) is 15.3. The number of nitrogens with zero attached hydrogens (tertiary/aromatic N) is 3. The fourth-order valence-corrected chi connectivity index (χ4v) is 5.93. The van der Waals surface area contributed by atoms with Gasteiger partial charge in [0.15, 0.2) is 17.1 Å². The number of imidazole rings is 1. The van der Waals surface area contributed by atoms with Crippen LogP contribution in [-0.2, 0) is 16.3 Å². The summed E-state index contributed by atoms with van der Waals surface area (Å²) in [4.78, 5) is 18.8. The second-order valence-electron chi connectivity index (χ2n) is 9.85. The summed E-state index contributed by atoms with van der Waals surface area (Å²) < 4.78 is 68.5. The normalized spacial score (nSPS) is 12.4. The van der Waals surface area contributed by atoms with E-state index < -0.39 is 33.1 Å². The minimum Gasteiger partial charge on any atom is -0.493 e. The molecule has 11 heteroatoms. The molecule has 3 aromatic carbocycles. The lowest BCUT2D eigenvalue weighted by Crippen LogP contribution is -2.31. The Morgan fingerprint density at radius 3 is 2.33 bits per heavy atom. The highest BCUT2D eigenvalue weighted by Gasteiger charge is 2.28. The number of ether oxygens (including phenoxy) is 2. The molecular formula is C31H29F2N3O5S. The lowest BCUT2D eigenvalue weighted by atomic mass is 10.1. The van der Waals surface area contributed by atoms with E-state index in [0.29, 0.717) is 34.8 Å². The van der Waals surface area contributed by atoms with Gasteiger partial charge in [0, 0.05) is 18.9 Å². The topological polar surface area (TPSA) is 92.4 Å². The third kappa shape index (κ3) is 5.78. The van der Waals surface area contributed by atoms with Crippen LogP contribution in [0.2, 0.25) is 0 Å². The van der Waals surface area contributed by atoms with Gasteiger partial charge in [0.2, 0.25) is 0 Å². The molecule has 0 saturated carbocycles. The highest BCUT2D eigenvalue weighted by atomic mass is 32.2. The van der Waals surface area contributed by atoms with Crippen LogP contribution in [0, 0.1) is 11.6 Å². The molecule has 0 bridgehead atoms. The van der Waals surface area contributed by atoms with Crippen LogP contribution in [-0.4, -0.2) is 48.3 Å². The molecule has 0 saturated heterocycles. The fourth-order valence-electron chi connectivity index (χ4n) is 5.02. The smallest absolute Gasteiger partial charge is 0.335 e. The number of halogens is 2. The summed E-state index contributed by atoms with van der Waals surface area (Å²) in [7, 11) is -2.16. The Hall–Kier alpha value is -4.51. The van der Waals surface area contributed by atoms with Crippen molar-refractivity contribution in [2.75, 3.05) is 25.7 Å². The molecule has 0 aliphatic carbocycles. The molecule has 0 aliphatic heterocycles. The molecule has 218 valence electrons. The summed E-state index contributed by atoms with van der Waals surface area (Å²) in [6.07, 6.45) is 2.76. The third-order valence-corrected chi connectivity index (χ3v) is 7.78. The van der Waals surface area contributed by atoms with Crippen molar-refractivity contribution in [2.45, 2.75) is 19.4 Å². The van der Waals surface area contributed by atoms with Crippen LogP contribution in [0.15, 0.2) is 83.8 Å². The SMILES string of the molecule is CCOc1cc([C@@H](CS(C)(=O)=O)n2c(=O)n(-c3ccccc3F)c3cc(Cc4ccccc4F)cnc32)ccc1OC. The average Bonchev–Trinajstić information content (AvgIpc) is 3.23. The molecule has 8 nitrogen and oxygen atoms in total. The van der Waals surface area contributed by atoms with E-state index >= 15 is 4.39 Å². The van der Waals surface area contributed by atoms with Gasteiger partial charge in [0.05, 0.1) is 36.7 Å². The van der Waals surface area contributed by atoms with Gasteiger partial charge in [-0.05, 0) is 60.0 Å². The summed E-state index contributed by atoms with van der Waals surface area (Å²) in [6.45, 7) is 2.13. The molecule has 42 heavy (non-hydrogen) atoms. The van der Waals surface area contributed by atoms with Gasteiger partial charge in [-0.3, -0.25) is 9.13 Å². The Labute approximate surface area is 241 Å². The van der Waals surface area contributed by atoms with E-state index in [4.69, 9.17) is 9.47 Å². The second-order valence-corrected chi connectivity index (χ2v) is 12.0. The first-order valence-electron chi connectivity index (χ1n) is 13.2. The average molecular weight is 594 g/mol. The molecule has 0 aliphatic rings. The van der Waals surface area contributed by atoms with Gasteiger partial charge in [0.1, 0.15) is 21.5 Å². The Morgan fingerprint density at radius 2 is 1.67 bits per heavy atom. The summed E-state index contributed by atoms with van der Waals surface area (Å²) in [5.41, 5.74) is 1.13. The third-order valence-electron chi connectivity index (χ3n) is 6.86. The van der Waals surface area contributed by atoms with Crippen molar-refractivity contribution in [1.82, 2.24) is 14.1 Å². The van der Waals surface area contributed by atoms with E-state index in [-0.39, 0.29) is 29.1 Å². The van der Waals surface area contributed by atoms with Crippen LogP contribution in [0.3, 0.4) is 0 Å². The lowest BCUT2D eigenvalue weighted by molar-refractivity contribution is 0.310. The molecule has 0 spiro atoms. The molecule has 0 fully saturated rings. The molecule has 2 heterocycles. The molecule has 2 aromatic heterocycles. The van der Waals surface area contributed by atoms with Crippen molar-refractivity contribution < 1.29 is 26.7 Å². The zero-order chi connectivity index (χ0) is 30.0. The molecule has 0 N–H and O–H groups in total. The predicted molar refractivity (Wildman–Crippen MR) is 157 cm³/mol. The van der Waals surface area contributed by atoms with Gasteiger partial charge < -0.3 is 9.47 Å². The zero-order valence-corrected chi connectivity index (χ0v) is 24.1. The van der Waals surface area contributed by atoms with Crippen LogP contribution < -0.4 is 15.2 Å². The molecular weight excluding hydrogens is 564 g/mol. The number of methoxy groups -OCH3 is 1. The predicted octanol–water partition coefficient (Wildman–Crippen LogP) is 5.10. The van der Waals surface area contributed by atoms with Crippen molar-refractivity contribution in [3.63, 3.8) is 0 Å². The number of sulfone groups is 1. The zero-order valence-electron chi connectivity index (χ0n) is 23.3. The van der Waals surface area contributed by atoms with Crippen molar-refractivity contribution in [3.8, 4) is 17.2 Å². The highest BCUT2D eigenvalue weighted by Crippen LogP contribution is 2.33. The van der Waals surface area contributed by atoms with E-state index in [9.17, 15) is 17.6 Å². The van der Waals surface area contributed by atoms with Crippen molar-refractivity contribution in [2.24, 2.45) is 0 Å². The molecule has 0 amide bonds. The van der Waals surface area contributed by atoms with Gasteiger partial charge in [-0.15, -0.1) is 0 Å². The first-order chi connectivity index (χ1) is 20.1. The van der Waals surface area contributed by atoms with E-state index in [1.165, 1.54) is 46.7 Å². The second kappa shape index (κ2) is 11.8. The molecule has 0 radical (unpaired) electrons. The van der Waals surface area contributed by atoms with Crippen molar-refractivity contribution >= 4 is 21.0 Å². The molecule has 5 aromatic rings. The van der Waals surface area contributed by atoms with E-state index in [2.05, 4.69) is 4.98 Å². The molecule has 5 rings (SSSR count). The minimum absolute atomic E-state index is 0.0288. The summed E-state index contributed by atoms with van der Waals surface area (Å²) in [6, 6.07) is 17.6. The van der Waals surface area contributed by atoms with E-state index in [1.807, 2.05) is 0 Å². The van der Waals surface area contributed by atoms with Crippen LogP contribution in [0.1, 0.15) is 29.7 Å². The Balaban J connectivity index is 1.78.